The molecule has 0 atom stereocenters. The third kappa shape index (κ3) is 4.40. The van der Waals surface area contributed by atoms with Crippen molar-refractivity contribution in [3.63, 3.8) is 0 Å². The Morgan fingerprint density at radius 2 is 2.40 bits per heavy atom. The van der Waals surface area contributed by atoms with Crippen LogP contribution in [0.25, 0.3) is 0 Å². The van der Waals surface area contributed by atoms with Crippen molar-refractivity contribution in [1.82, 2.24) is 0 Å². The molecule has 0 bridgehead atoms. The Labute approximate surface area is 65.3 Å². The van der Waals surface area contributed by atoms with Crippen LogP contribution in [0.2, 0.25) is 0 Å². The highest BCUT2D eigenvalue weighted by Crippen LogP contribution is 1.95. The second-order valence-corrected chi connectivity index (χ2v) is 2.07. The quantitative estimate of drug-likeness (QED) is 0.283. The number of hydrogen-bond donors (Lipinski definition) is 2. The molecule has 0 aromatic carbocycles. The van der Waals surface area contributed by atoms with Gasteiger partial charge in [-0.25, -0.2) is 4.79 Å². The lowest BCUT2D eigenvalue weighted by Gasteiger charge is -1.92. The summed E-state index contributed by atoms with van der Waals surface area (Å²) >= 11 is 3.50. The summed E-state index contributed by atoms with van der Waals surface area (Å²) in [6, 6.07) is 0. The van der Waals surface area contributed by atoms with Crippen molar-refractivity contribution in [3.05, 3.63) is 11.6 Å². The average Bonchev–Trinajstić information content (AvgIpc) is 1.88. The average molecular weight is 162 g/mol. The smallest absolute Gasteiger partial charge is 0.330 e. The molecular formula is C6H10O3S. The Bertz CT molecular complexity index is 142. The lowest BCUT2D eigenvalue weighted by atomic mass is 10.2. The van der Waals surface area contributed by atoms with Gasteiger partial charge >= 0.3 is 5.97 Å². The van der Waals surface area contributed by atoms with Crippen LogP contribution in [0.5, 0.6) is 0 Å². The van der Waals surface area contributed by atoms with Crippen LogP contribution in [0.3, 0.4) is 0 Å². The van der Waals surface area contributed by atoms with Crippen molar-refractivity contribution in [2.45, 2.75) is 13.3 Å². The molecule has 0 heterocycles. The van der Waals surface area contributed by atoms with Crippen molar-refractivity contribution in [2.75, 3.05) is 6.61 Å². The van der Waals surface area contributed by atoms with Gasteiger partial charge in [-0.1, -0.05) is 6.08 Å². The van der Waals surface area contributed by atoms with E-state index in [1.807, 2.05) is 0 Å². The minimum absolute atomic E-state index is 0.338. The van der Waals surface area contributed by atoms with E-state index in [1.54, 1.807) is 13.0 Å². The zero-order valence-corrected chi connectivity index (χ0v) is 6.60. The summed E-state index contributed by atoms with van der Waals surface area (Å²) in [6.07, 6.45) is 2.18. The van der Waals surface area contributed by atoms with Crippen LogP contribution >= 0.6 is 12.9 Å². The summed E-state index contributed by atoms with van der Waals surface area (Å²) in [6.45, 7) is 1.98. The van der Waals surface area contributed by atoms with E-state index < -0.39 is 5.97 Å². The van der Waals surface area contributed by atoms with E-state index in [9.17, 15) is 4.79 Å². The molecule has 0 fully saturated rings. The van der Waals surface area contributed by atoms with Crippen LogP contribution in [-0.4, -0.2) is 17.7 Å². The second kappa shape index (κ2) is 5.32. The summed E-state index contributed by atoms with van der Waals surface area (Å²) in [5.41, 5.74) is 0.338. The standard InChI is InChI=1S/C6H10O3S/c1-5(6(7)8)3-2-4-9-10/h3,10H,2,4H2,1H3,(H,7,8). The van der Waals surface area contributed by atoms with E-state index in [1.165, 1.54) is 0 Å². The van der Waals surface area contributed by atoms with Crippen LogP contribution in [0, 0.1) is 0 Å². The molecule has 1 N–H and O–H groups in total. The molecule has 10 heavy (non-hydrogen) atoms. The Morgan fingerprint density at radius 1 is 1.80 bits per heavy atom. The van der Waals surface area contributed by atoms with Gasteiger partial charge in [0.1, 0.15) is 0 Å². The van der Waals surface area contributed by atoms with Gasteiger partial charge in [-0.15, -0.1) is 0 Å². The number of carboxylic acid groups (broad SMARTS) is 1. The van der Waals surface area contributed by atoms with Gasteiger partial charge in [0.05, 0.1) is 6.61 Å². The lowest BCUT2D eigenvalue weighted by Crippen LogP contribution is -1.96. The fraction of sp³-hybridized carbons (Fsp3) is 0.500. The molecule has 0 radical (unpaired) electrons. The maximum absolute atomic E-state index is 10.2. The van der Waals surface area contributed by atoms with E-state index in [4.69, 9.17) is 5.11 Å². The third-order valence-electron chi connectivity index (χ3n) is 0.997. The number of carbonyl (C=O) groups is 1. The van der Waals surface area contributed by atoms with Crippen LogP contribution in [0.15, 0.2) is 11.6 Å². The van der Waals surface area contributed by atoms with Gasteiger partial charge in [0.25, 0.3) is 0 Å². The first-order chi connectivity index (χ1) is 4.68. The zero-order chi connectivity index (χ0) is 7.98. The molecule has 0 aliphatic carbocycles. The van der Waals surface area contributed by atoms with Gasteiger partial charge in [0, 0.05) is 5.57 Å². The molecule has 0 saturated carbocycles. The Balaban J connectivity index is 3.58. The Hall–Kier alpha value is -0.480. The molecular weight excluding hydrogens is 152 g/mol. The normalized spacial score (nSPS) is 11.6. The zero-order valence-electron chi connectivity index (χ0n) is 5.70. The number of carboxylic acids is 1. The largest absolute Gasteiger partial charge is 0.478 e. The first-order valence-corrected chi connectivity index (χ1v) is 3.21. The Morgan fingerprint density at radius 3 is 2.80 bits per heavy atom. The Kier molecular flexibility index (Phi) is 5.06. The van der Waals surface area contributed by atoms with Crippen molar-refractivity contribution in [1.29, 1.82) is 0 Å². The van der Waals surface area contributed by atoms with Crippen molar-refractivity contribution >= 4 is 18.9 Å². The van der Waals surface area contributed by atoms with Crippen molar-refractivity contribution in [3.8, 4) is 0 Å². The second-order valence-electron chi connectivity index (χ2n) is 1.81. The highest BCUT2D eigenvalue weighted by molar-refractivity contribution is 7.75. The van der Waals surface area contributed by atoms with Crippen LogP contribution in [0.4, 0.5) is 0 Å². The molecule has 0 amide bonds. The minimum Gasteiger partial charge on any atom is -0.478 e. The number of thiol groups is 1. The van der Waals surface area contributed by atoms with Crippen molar-refractivity contribution in [2.24, 2.45) is 0 Å². The monoisotopic (exact) mass is 162 g/mol. The van der Waals surface area contributed by atoms with E-state index >= 15 is 0 Å². The number of aliphatic carboxylic acids is 1. The van der Waals surface area contributed by atoms with E-state index in [0.717, 1.165) is 0 Å². The van der Waals surface area contributed by atoms with E-state index in [2.05, 4.69) is 17.1 Å². The maximum atomic E-state index is 10.2. The summed E-state index contributed by atoms with van der Waals surface area (Å²) in [4.78, 5) is 10.2. The molecule has 0 spiro atoms. The van der Waals surface area contributed by atoms with Gasteiger partial charge in [-0.2, -0.15) is 0 Å². The minimum atomic E-state index is -0.890. The molecule has 0 aliphatic rings. The van der Waals surface area contributed by atoms with Gasteiger partial charge < -0.3 is 9.29 Å². The summed E-state index contributed by atoms with van der Waals surface area (Å²) in [7, 11) is 0. The number of hydrogen-bond acceptors (Lipinski definition) is 3. The summed E-state index contributed by atoms with van der Waals surface area (Å²) in [5, 5.41) is 8.35. The van der Waals surface area contributed by atoms with Crippen LogP contribution in [0.1, 0.15) is 13.3 Å². The van der Waals surface area contributed by atoms with Gasteiger partial charge in [-0.05, 0) is 26.3 Å². The molecule has 58 valence electrons. The first-order valence-electron chi connectivity index (χ1n) is 2.85. The van der Waals surface area contributed by atoms with Crippen molar-refractivity contribution < 1.29 is 14.1 Å². The summed E-state index contributed by atoms with van der Waals surface area (Å²) < 4.78 is 4.43. The van der Waals surface area contributed by atoms with Gasteiger partial charge in [0.2, 0.25) is 0 Å². The van der Waals surface area contributed by atoms with Gasteiger partial charge in [0.15, 0.2) is 0 Å². The highest BCUT2D eigenvalue weighted by atomic mass is 32.1. The molecule has 0 aromatic rings. The lowest BCUT2D eigenvalue weighted by molar-refractivity contribution is -0.132. The molecule has 0 rings (SSSR count). The first kappa shape index (κ1) is 9.52. The topological polar surface area (TPSA) is 46.5 Å². The van der Waals surface area contributed by atoms with E-state index in [-0.39, 0.29) is 0 Å². The molecule has 3 nitrogen and oxygen atoms in total. The molecule has 0 aliphatic heterocycles. The third-order valence-corrected chi connectivity index (χ3v) is 1.18. The van der Waals surface area contributed by atoms with Gasteiger partial charge in [-0.3, -0.25) is 0 Å². The molecule has 0 saturated heterocycles. The summed E-state index contributed by atoms with van der Waals surface area (Å²) in [5.74, 6) is -0.890. The fourth-order valence-corrected chi connectivity index (χ4v) is 0.521. The fourth-order valence-electron chi connectivity index (χ4n) is 0.415. The molecule has 0 unspecified atom stereocenters. The highest BCUT2D eigenvalue weighted by Gasteiger charge is 1.96. The predicted octanol–water partition coefficient (Wildman–Crippen LogP) is 1.27. The molecule has 0 aromatic heterocycles. The SMILES string of the molecule is CC(=CCCOS)C(=O)O. The number of rotatable bonds is 4. The predicted molar refractivity (Wildman–Crippen MR) is 40.9 cm³/mol. The molecule has 4 heteroatoms. The van der Waals surface area contributed by atoms with Crippen LogP contribution < -0.4 is 0 Å². The van der Waals surface area contributed by atoms with Crippen LogP contribution in [-0.2, 0) is 8.98 Å². The van der Waals surface area contributed by atoms with E-state index in [0.29, 0.717) is 18.6 Å². The maximum Gasteiger partial charge on any atom is 0.330 e.